The zero-order valence-electron chi connectivity index (χ0n) is 28.1. The van der Waals surface area contributed by atoms with Gasteiger partial charge in [-0.2, -0.15) is 0 Å². The molecule has 0 unspecified atom stereocenters. The molecule has 0 aromatic heterocycles. The van der Waals surface area contributed by atoms with Gasteiger partial charge >= 0.3 is 0 Å². The molecular formula is C40H76. The molecule has 0 heteroatoms. The second kappa shape index (κ2) is 21.7. The van der Waals surface area contributed by atoms with Crippen molar-refractivity contribution in [1.82, 2.24) is 0 Å². The van der Waals surface area contributed by atoms with E-state index in [1.165, 1.54) is 109 Å². The van der Waals surface area contributed by atoms with Gasteiger partial charge in [-0.25, -0.2) is 0 Å². The van der Waals surface area contributed by atoms with Gasteiger partial charge in [0.15, 0.2) is 0 Å². The summed E-state index contributed by atoms with van der Waals surface area (Å²) in [5, 5.41) is 0. The van der Waals surface area contributed by atoms with Crippen molar-refractivity contribution in [2.45, 2.75) is 226 Å². The normalized spacial score (nSPS) is 27.1. The average Bonchev–Trinajstić information content (AvgIpc) is 3.00. The molecule has 3 fully saturated rings. The smallest absolute Gasteiger partial charge is 0.0297 e. The molecule has 3 saturated carbocycles. The van der Waals surface area contributed by atoms with Crippen LogP contribution in [0, 0.1) is 29.1 Å². The van der Waals surface area contributed by atoms with Crippen LogP contribution in [-0.4, -0.2) is 0 Å². The Labute approximate surface area is 254 Å². The van der Waals surface area contributed by atoms with Crippen molar-refractivity contribution in [3.8, 4) is 0 Å². The number of unbranched alkanes of at least 4 members (excludes halogenated alkanes) is 12. The molecule has 0 amide bonds. The summed E-state index contributed by atoms with van der Waals surface area (Å²) < 4.78 is 0. The quantitative estimate of drug-likeness (QED) is 0.116. The van der Waals surface area contributed by atoms with Crippen molar-refractivity contribution in [1.29, 1.82) is 0 Å². The van der Waals surface area contributed by atoms with Gasteiger partial charge in [-0.1, -0.05) is 194 Å². The molecule has 0 aromatic rings. The first kappa shape index (κ1) is 34.5. The van der Waals surface area contributed by atoms with Crippen LogP contribution >= 0.6 is 0 Å². The van der Waals surface area contributed by atoms with E-state index >= 15 is 0 Å². The van der Waals surface area contributed by atoms with Crippen LogP contribution in [0.15, 0.2) is 0 Å². The Morgan fingerprint density at radius 3 is 1.27 bits per heavy atom. The van der Waals surface area contributed by atoms with E-state index in [0.29, 0.717) is 0 Å². The predicted molar refractivity (Wildman–Crippen MR) is 180 cm³/mol. The van der Waals surface area contributed by atoms with Crippen LogP contribution in [-0.2, 0) is 0 Å². The van der Waals surface area contributed by atoms with E-state index in [4.69, 9.17) is 0 Å². The minimum Gasteiger partial charge on any atom is -0.0654 e. The molecule has 3 aliphatic carbocycles. The molecule has 0 saturated heterocycles. The van der Waals surface area contributed by atoms with Gasteiger partial charge in [-0.3, -0.25) is 0 Å². The Kier molecular flexibility index (Phi) is 18.7. The van der Waals surface area contributed by atoms with Gasteiger partial charge in [-0.15, -0.1) is 0 Å². The third kappa shape index (κ3) is 14.5. The predicted octanol–water partition coefficient (Wildman–Crippen LogP) is 14.4. The SMILES string of the molecule is CCCCCCCCCCC1(CCC2CCC(CCC3CCC(CCCCCCCC)CC3)CC2)CCCCC1. The van der Waals surface area contributed by atoms with Crippen molar-refractivity contribution >= 4 is 0 Å². The largest absolute Gasteiger partial charge is 0.0654 e. The number of hydrogen-bond donors (Lipinski definition) is 0. The molecule has 0 nitrogen and oxygen atoms in total. The first-order valence-corrected chi connectivity index (χ1v) is 19.7. The molecule has 0 bridgehead atoms. The molecule has 40 heavy (non-hydrogen) atoms. The van der Waals surface area contributed by atoms with E-state index in [2.05, 4.69) is 13.8 Å². The van der Waals surface area contributed by atoms with Crippen molar-refractivity contribution < 1.29 is 0 Å². The molecule has 0 aliphatic heterocycles. The van der Waals surface area contributed by atoms with Gasteiger partial charge in [0.1, 0.15) is 0 Å². The lowest BCUT2D eigenvalue weighted by atomic mass is 9.66. The molecule has 0 radical (unpaired) electrons. The van der Waals surface area contributed by atoms with Crippen LogP contribution in [0.3, 0.4) is 0 Å². The maximum absolute atomic E-state index is 2.33. The van der Waals surface area contributed by atoms with E-state index in [-0.39, 0.29) is 0 Å². The van der Waals surface area contributed by atoms with Gasteiger partial charge in [0.25, 0.3) is 0 Å². The Balaban J connectivity index is 1.22. The molecule has 0 heterocycles. The second-order valence-corrected chi connectivity index (χ2v) is 15.7. The van der Waals surface area contributed by atoms with Crippen LogP contribution in [0.5, 0.6) is 0 Å². The molecule has 0 N–H and O–H groups in total. The number of rotatable bonds is 22. The number of hydrogen-bond acceptors (Lipinski definition) is 0. The van der Waals surface area contributed by atoms with Gasteiger partial charge in [0.05, 0.1) is 0 Å². The fourth-order valence-electron chi connectivity index (χ4n) is 9.37. The third-order valence-corrected chi connectivity index (χ3v) is 12.4. The summed E-state index contributed by atoms with van der Waals surface area (Å²) in [7, 11) is 0. The molecular weight excluding hydrogens is 480 g/mol. The van der Waals surface area contributed by atoms with E-state index in [0.717, 1.165) is 29.1 Å². The standard InChI is InChI=1S/C40H76/c1-3-5-7-9-11-12-14-17-32-40(33-18-15-19-34-40)35-31-39-29-27-38(28-30-39)26-25-37-23-21-36(22-24-37)20-16-13-10-8-6-4-2/h36-39H,3-35H2,1-2H3. The lowest BCUT2D eigenvalue weighted by Crippen LogP contribution is -2.26. The zero-order chi connectivity index (χ0) is 28.1. The summed E-state index contributed by atoms with van der Waals surface area (Å²) >= 11 is 0. The van der Waals surface area contributed by atoms with Crippen molar-refractivity contribution in [3.63, 3.8) is 0 Å². The summed E-state index contributed by atoms with van der Waals surface area (Å²) in [4.78, 5) is 0. The van der Waals surface area contributed by atoms with Crippen LogP contribution in [0.1, 0.15) is 226 Å². The highest BCUT2D eigenvalue weighted by Crippen LogP contribution is 2.47. The highest BCUT2D eigenvalue weighted by molar-refractivity contribution is 4.85. The monoisotopic (exact) mass is 557 g/mol. The highest BCUT2D eigenvalue weighted by Gasteiger charge is 2.33. The van der Waals surface area contributed by atoms with Crippen LogP contribution in [0.25, 0.3) is 0 Å². The minimum absolute atomic E-state index is 0.755. The van der Waals surface area contributed by atoms with Crippen LogP contribution < -0.4 is 0 Å². The van der Waals surface area contributed by atoms with E-state index in [1.807, 2.05) is 0 Å². The van der Waals surface area contributed by atoms with Crippen LogP contribution in [0.2, 0.25) is 0 Å². The molecule has 0 atom stereocenters. The summed E-state index contributed by atoms with van der Waals surface area (Å²) in [6.45, 7) is 4.66. The Bertz CT molecular complexity index is 555. The first-order valence-electron chi connectivity index (χ1n) is 19.7. The molecule has 3 aliphatic rings. The summed E-state index contributed by atoms with van der Waals surface area (Å²) in [5.41, 5.74) is 0.755. The lowest BCUT2D eigenvalue weighted by Gasteiger charge is -2.40. The third-order valence-electron chi connectivity index (χ3n) is 12.4. The van der Waals surface area contributed by atoms with Gasteiger partial charge in [0.2, 0.25) is 0 Å². The topological polar surface area (TPSA) is 0 Å². The highest BCUT2D eigenvalue weighted by atomic mass is 14.4. The summed E-state index contributed by atoms with van der Waals surface area (Å²) in [6.07, 6.45) is 50.3. The van der Waals surface area contributed by atoms with Crippen LogP contribution in [0.4, 0.5) is 0 Å². The molecule has 0 aromatic carbocycles. The van der Waals surface area contributed by atoms with Crippen molar-refractivity contribution in [3.05, 3.63) is 0 Å². The van der Waals surface area contributed by atoms with Crippen molar-refractivity contribution in [2.24, 2.45) is 29.1 Å². The van der Waals surface area contributed by atoms with E-state index in [1.54, 1.807) is 103 Å². The van der Waals surface area contributed by atoms with E-state index < -0.39 is 0 Å². The fourth-order valence-corrected chi connectivity index (χ4v) is 9.37. The minimum atomic E-state index is 0.755. The molecule has 236 valence electrons. The molecule has 3 rings (SSSR count). The maximum Gasteiger partial charge on any atom is -0.0297 e. The van der Waals surface area contributed by atoms with Gasteiger partial charge in [-0.05, 0) is 61.2 Å². The lowest BCUT2D eigenvalue weighted by molar-refractivity contribution is 0.127. The first-order chi connectivity index (χ1) is 19.7. The second-order valence-electron chi connectivity index (χ2n) is 15.7. The van der Waals surface area contributed by atoms with E-state index in [9.17, 15) is 0 Å². The van der Waals surface area contributed by atoms with Crippen molar-refractivity contribution in [2.75, 3.05) is 0 Å². The Morgan fingerprint density at radius 2 is 0.775 bits per heavy atom. The Hall–Kier alpha value is 0. The van der Waals surface area contributed by atoms with Gasteiger partial charge < -0.3 is 0 Å². The summed E-state index contributed by atoms with van der Waals surface area (Å²) in [5.74, 6) is 4.32. The fraction of sp³-hybridized carbons (Fsp3) is 1.00. The van der Waals surface area contributed by atoms with Gasteiger partial charge in [0, 0.05) is 0 Å². The zero-order valence-corrected chi connectivity index (χ0v) is 28.1. The summed E-state index contributed by atoms with van der Waals surface area (Å²) in [6, 6.07) is 0. The maximum atomic E-state index is 2.33. The average molecular weight is 557 g/mol. The Morgan fingerprint density at radius 1 is 0.375 bits per heavy atom. The molecule has 0 spiro atoms.